The van der Waals surface area contributed by atoms with Crippen molar-refractivity contribution >= 4 is 28.5 Å². The quantitative estimate of drug-likeness (QED) is 0.452. The maximum Gasteiger partial charge on any atom is 0.128 e. The topological polar surface area (TPSA) is 89.9 Å². The van der Waals surface area contributed by atoms with Crippen LogP contribution in [0.15, 0.2) is 60.9 Å². The number of nitrogens with one attached hydrogen (secondary N) is 2. The van der Waals surface area contributed by atoms with Crippen molar-refractivity contribution in [1.82, 2.24) is 9.88 Å². The van der Waals surface area contributed by atoms with Crippen LogP contribution >= 0.6 is 0 Å². The van der Waals surface area contributed by atoms with Crippen molar-refractivity contribution in [2.45, 2.75) is 19.3 Å². The van der Waals surface area contributed by atoms with Crippen molar-refractivity contribution in [2.75, 3.05) is 13.1 Å². The molecular formula is C24H25N5. The van der Waals surface area contributed by atoms with Gasteiger partial charge in [-0.15, -0.1) is 0 Å². The zero-order valence-corrected chi connectivity index (χ0v) is 16.4. The second-order valence-corrected chi connectivity index (χ2v) is 7.33. The summed E-state index contributed by atoms with van der Waals surface area (Å²) in [5.41, 5.74) is 11.2. The van der Waals surface area contributed by atoms with Gasteiger partial charge in [-0.05, 0) is 54.2 Å². The Balaban J connectivity index is 1.72. The SMILES string of the molecule is N=C/C(=C\N)c1ccc(-c2ccc3nccc(C(=N)N4CCCCC4)c3c2)cc1. The van der Waals surface area contributed by atoms with Crippen molar-refractivity contribution in [3.05, 3.63) is 72.1 Å². The Morgan fingerprint density at radius 3 is 2.38 bits per heavy atom. The average Bonchev–Trinajstić information content (AvgIpc) is 2.80. The monoisotopic (exact) mass is 383 g/mol. The van der Waals surface area contributed by atoms with E-state index in [1.54, 1.807) is 6.20 Å². The van der Waals surface area contributed by atoms with Gasteiger partial charge >= 0.3 is 0 Å². The van der Waals surface area contributed by atoms with E-state index in [-0.39, 0.29) is 0 Å². The second kappa shape index (κ2) is 8.27. The Kier molecular flexibility index (Phi) is 5.38. The van der Waals surface area contributed by atoms with E-state index in [9.17, 15) is 0 Å². The van der Waals surface area contributed by atoms with Gasteiger partial charge in [-0.2, -0.15) is 0 Å². The fourth-order valence-corrected chi connectivity index (χ4v) is 3.90. The van der Waals surface area contributed by atoms with Gasteiger partial charge in [0.2, 0.25) is 0 Å². The van der Waals surface area contributed by atoms with Gasteiger partial charge in [-0.3, -0.25) is 10.4 Å². The number of allylic oxidation sites excluding steroid dienone is 1. The van der Waals surface area contributed by atoms with Crippen molar-refractivity contribution in [3.8, 4) is 11.1 Å². The van der Waals surface area contributed by atoms with Crippen molar-refractivity contribution in [3.63, 3.8) is 0 Å². The van der Waals surface area contributed by atoms with Gasteiger partial charge in [0.25, 0.3) is 0 Å². The fraction of sp³-hybridized carbons (Fsp3) is 0.208. The van der Waals surface area contributed by atoms with E-state index in [0.29, 0.717) is 11.4 Å². The lowest BCUT2D eigenvalue weighted by Gasteiger charge is -2.29. The van der Waals surface area contributed by atoms with Gasteiger partial charge in [0.15, 0.2) is 0 Å². The minimum Gasteiger partial charge on any atom is -0.404 e. The van der Waals surface area contributed by atoms with Crippen LogP contribution in [0.3, 0.4) is 0 Å². The third kappa shape index (κ3) is 3.76. The van der Waals surface area contributed by atoms with Crippen LogP contribution in [0.25, 0.3) is 27.6 Å². The van der Waals surface area contributed by atoms with Crippen LogP contribution in [-0.4, -0.2) is 35.0 Å². The maximum absolute atomic E-state index is 8.76. The van der Waals surface area contributed by atoms with Crippen LogP contribution in [0, 0.1) is 10.8 Å². The predicted molar refractivity (Wildman–Crippen MR) is 120 cm³/mol. The van der Waals surface area contributed by atoms with E-state index < -0.39 is 0 Å². The molecule has 4 rings (SSSR count). The Morgan fingerprint density at radius 2 is 1.69 bits per heavy atom. The number of benzene rings is 2. The predicted octanol–water partition coefficient (Wildman–Crippen LogP) is 4.66. The lowest BCUT2D eigenvalue weighted by Crippen LogP contribution is -2.35. The summed E-state index contributed by atoms with van der Waals surface area (Å²) in [5, 5.41) is 17.2. The molecule has 4 N–H and O–H groups in total. The van der Waals surface area contributed by atoms with E-state index in [1.165, 1.54) is 18.8 Å². The summed E-state index contributed by atoms with van der Waals surface area (Å²) in [4.78, 5) is 6.68. The smallest absolute Gasteiger partial charge is 0.128 e. The summed E-state index contributed by atoms with van der Waals surface area (Å²) in [6.45, 7) is 1.90. The number of likely N-dealkylation sites (tertiary alicyclic amines) is 1. The van der Waals surface area contributed by atoms with Crippen LogP contribution in [0.1, 0.15) is 30.4 Å². The standard InChI is InChI=1S/C24H25N5/c25-15-20(16-26)18-6-4-17(5-7-18)19-8-9-23-22(14-19)21(10-11-28-23)24(27)29-12-2-1-3-13-29/h4-11,14-16,25,27H,1-3,12-13,26H2/b20-16+,25-15?,27-24?. The first-order valence-corrected chi connectivity index (χ1v) is 9.97. The van der Waals surface area contributed by atoms with Gasteiger partial charge in [0.1, 0.15) is 5.84 Å². The number of fused-ring (bicyclic) bond motifs is 1. The summed E-state index contributed by atoms with van der Waals surface area (Å²) in [7, 11) is 0. The molecule has 1 aliphatic heterocycles. The molecular weight excluding hydrogens is 358 g/mol. The van der Waals surface area contributed by atoms with Crippen molar-refractivity contribution < 1.29 is 0 Å². The zero-order valence-electron chi connectivity index (χ0n) is 16.4. The van der Waals surface area contributed by atoms with E-state index in [2.05, 4.69) is 22.0 Å². The molecule has 1 saturated heterocycles. The average molecular weight is 383 g/mol. The highest BCUT2D eigenvalue weighted by atomic mass is 15.2. The summed E-state index contributed by atoms with van der Waals surface area (Å²) in [5.74, 6) is 0.591. The molecule has 29 heavy (non-hydrogen) atoms. The Hall–Kier alpha value is -3.47. The molecule has 0 radical (unpaired) electrons. The molecule has 0 amide bonds. The minimum atomic E-state index is 0.591. The Labute approximate surface area is 170 Å². The summed E-state index contributed by atoms with van der Waals surface area (Å²) >= 11 is 0. The third-order valence-electron chi connectivity index (χ3n) is 5.56. The first-order valence-electron chi connectivity index (χ1n) is 9.97. The number of nitrogens with zero attached hydrogens (tertiary/aromatic N) is 2. The van der Waals surface area contributed by atoms with E-state index in [0.717, 1.165) is 59.1 Å². The highest BCUT2D eigenvalue weighted by molar-refractivity contribution is 6.09. The first-order chi connectivity index (χ1) is 14.2. The van der Waals surface area contributed by atoms with Crippen LogP contribution in [0.5, 0.6) is 0 Å². The van der Waals surface area contributed by atoms with Gasteiger partial charge < -0.3 is 16.0 Å². The Bertz CT molecular complexity index is 1080. The number of pyridine rings is 1. The number of nitrogens with two attached hydrogens (primary N) is 1. The van der Waals surface area contributed by atoms with Gasteiger partial charge in [0, 0.05) is 48.2 Å². The lowest BCUT2D eigenvalue weighted by molar-refractivity contribution is 0.341. The normalized spacial score (nSPS) is 14.8. The largest absolute Gasteiger partial charge is 0.404 e. The number of aromatic nitrogens is 1. The third-order valence-corrected chi connectivity index (χ3v) is 5.56. The number of rotatable bonds is 4. The molecule has 0 saturated carbocycles. The number of hydrogen-bond acceptors (Lipinski definition) is 4. The molecule has 5 nitrogen and oxygen atoms in total. The molecule has 1 fully saturated rings. The number of hydrogen-bond donors (Lipinski definition) is 3. The van der Waals surface area contributed by atoms with Crippen molar-refractivity contribution in [2.24, 2.45) is 5.73 Å². The second-order valence-electron chi connectivity index (χ2n) is 7.33. The number of piperidine rings is 1. The zero-order chi connectivity index (χ0) is 20.2. The summed E-state index contributed by atoms with van der Waals surface area (Å²) in [6, 6.07) is 16.2. The molecule has 5 heteroatoms. The number of amidine groups is 1. The van der Waals surface area contributed by atoms with Crippen LogP contribution < -0.4 is 5.73 Å². The molecule has 0 spiro atoms. The summed E-state index contributed by atoms with van der Waals surface area (Å²) in [6.07, 6.45) is 8.05. The summed E-state index contributed by atoms with van der Waals surface area (Å²) < 4.78 is 0. The molecule has 1 aromatic heterocycles. The molecule has 0 unspecified atom stereocenters. The molecule has 2 heterocycles. The highest BCUT2D eigenvalue weighted by Crippen LogP contribution is 2.28. The first kappa shape index (κ1) is 18.9. The van der Waals surface area contributed by atoms with Gasteiger partial charge in [0.05, 0.1) is 5.52 Å². The van der Waals surface area contributed by atoms with Crippen LogP contribution in [0.2, 0.25) is 0 Å². The molecule has 3 aromatic rings. The molecule has 1 aliphatic rings. The van der Waals surface area contributed by atoms with E-state index >= 15 is 0 Å². The maximum atomic E-state index is 8.76. The molecule has 146 valence electrons. The van der Waals surface area contributed by atoms with Crippen molar-refractivity contribution in [1.29, 1.82) is 10.8 Å². The molecule has 0 atom stereocenters. The fourth-order valence-electron chi connectivity index (χ4n) is 3.90. The minimum absolute atomic E-state index is 0.591. The lowest BCUT2D eigenvalue weighted by atomic mass is 9.98. The van der Waals surface area contributed by atoms with Crippen LogP contribution in [-0.2, 0) is 0 Å². The van der Waals surface area contributed by atoms with Gasteiger partial charge in [-0.25, -0.2) is 0 Å². The molecule has 2 aromatic carbocycles. The molecule has 0 aliphatic carbocycles. The Morgan fingerprint density at radius 1 is 0.966 bits per heavy atom. The highest BCUT2D eigenvalue weighted by Gasteiger charge is 2.17. The molecule has 0 bridgehead atoms. The van der Waals surface area contributed by atoms with E-state index in [1.807, 2.05) is 36.4 Å². The van der Waals surface area contributed by atoms with Gasteiger partial charge in [-0.1, -0.05) is 30.3 Å². The van der Waals surface area contributed by atoms with E-state index in [4.69, 9.17) is 16.6 Å². The van der Waals surface area contributed by atoms with Crippen LogP contribution in [0.4, 0.5) is 0 Å².